The van der Waals surface area contributed by atoms with Gasteiger partial charge in [-0.05, 0) is 18.6 Å². The number of nitro benzene ring substituents is 1. The first-order chi connectivity index (χ1) is 17.5. The van der Waals surface area contributed by atoms with Crippen molar-refractivity contribution in [2.75, 3.05) is 33.3 Å². The highest BCUT2D eigenvalue weighted by Gasteiger charge is 2.32. The normalized spacial score (nSPS) is 17.6. The number of amides is 1. The van der Waals surface area contributed by atoms with Gasteiger partial charge >= 0.3 is 0 Å². The Bertz CT molecular complexity index is 1330. The summed E-state index contributed by atoms with van der Waals surface area (Å²) in [5, 5.41) is 16.0. The summed E-state index contributed by atoms with van der Waals surface area (Å²) in [5.74, 6) is 0.0563. The van der Waals surface area contributed by atoms with Gasteiger partial charge in [0.1, 0.15) is 11.9 Å². The van der Waals surface area contributed by atoms with Gasteiger partial charge in [0.05, 0.1) is 23.3 Å². The molecule has 1 N–H and O–H groups in total. The lowest BCUT2D eigenvalue weighted by atomic mass is 9.94. The number of piperazine rings is 1. The molecule has 2 aliphatic rings. The van der Waals surface area contributed by atoms with E-state index in [0.29, 0.717) is 31.9 Å². The third-order valence-electron chi connectivity index (χ3n) is 6.73. The number of aryl methyl sites for hydroxylation is 1. The number of hydrazone groups is 1. The second kappa shape index (κ2) is 9.79. The highest BCUT2D eigenvalue weighted by molar-refractivity contribution is 6.14. The van der Waals surface area contributed by atoms with Crippen LogP contribution in [0.1, 0.15) is 38.8 Å². The Kier molecular flexibility index (Phi) is 6.39. The summed E-state index contributed by atoms with van der Waals surface area (Å²) in [6.45, 7) is 4.29. The van der Waals surface area contributed by atoms with Crippen LogP contribution >= 0.6 is 0 Å². The van der Waals surface area contributed by atoms with Gasteiger partial charge in [0.15, 0.2) is 0 Å². The van der Waals surface area contributed by atoms with E-state index >= 15 is 0 Å². The van der Waals surface area contributed by atoms with Crippen LogP contribution in [0.3, 0.4) is 0 Å². The fourth-order valence-corrected chi connectivity index (χ4v) is 4.75. The number of carbonyl (C=O) groups excluding carboxylic acids is 1. The monoisotopic (exact) mass is 485 g/mol. The fourth-order valence-electron chi connectivity index (χ4n) is 4.75. The zero-order valence-corrected chi connectivity index (χ0v) is 20.2. The van der Waals surface area contributed by atoms with E-state index < -0.39 is 4.92 Å². The number of fused-ring (bicyclic) bond motifs is 1. The van der Waals surface area contributed by atoms with Crippen molar-refractivity contribution in [3.63, 3.8) is 0 Å². The SMILES string of the molecule is COc1ccc([N+](=O)[O-])cc1C(=O)N1CCN(C2NN=C(c3ccc(C)cc3)c3ccccc32)CC1. The van der Waals surface area contributed by atoms with Gasteiger partial charge in [0, 0.05) is 49.4 Å². The van der Waals surface area contributed by atoms with Crippen molar-refractivity contribution >= 4 is 17.3 Å². The number of rotatable bonds is 5. The molecule has 1 atom stereocenters. The maximum Gasteiger partial charge on any atom is 0.270 e. The topological polar surface area (TPSA) is 100 Å². The van der Waals surface area contributed by atoms with Crippen molar-refractivity contribution in [2.24, 2.45) is 5.10 Å². The minimum absolute atomic E-state index is 0.111. The van der Waals surface area contributed by atoms with Crippen LogP contribution in [0, 0.1) is 17.0 Å². The van der Waals surface area contributed by atoms with Crippen LogP contribution in [0.2, 0.25) is 0 Å². The third kappa shape index (κ3) is 4.40. The molecule has 36 heavy (non-hydrogen) atoms. The highest BCUT2D eigenvalue weighted by Crippen LogP contribution is 2.30. The lowest BCUT2D eigenvalue weighted by Gasteiger charge is -2.41. The number of nitro groups is 1. The summed E-state index contributed by atoms with van der Waals surface area (Å²) in [7, 11) is 1.45. The molecule has 3 aromatic carbocycles. The zero-order chi connectivity index (χ0) is 25.2. The first-order valence-corrected chi connectivity index (χ1v) is 11.8. The summed E-state index contributed by atoms with van der Waals surface area (Å²) in [4.78, 5) is 27.9. The van der Waals surface area contributed by atoms with Crippen molar-refractivity contribution in [2.45, 2.75) is 13.1 Å². The molecule has 3 aromatic rings. The molecular formula is C27H27N5O4. The molecule has 0 radical (unpaired) electrons. The van der Waals surface area contributed by atoms with E-state index in [0.717, 1.165) is 22.4 Å². The fraction of sp³-hybridized carbons (Fsp3) is 0.259. The number of benzene rings is 3. The minimum atomic E-state index is -0.508. The summed E-state index contributed by atoms with van der Waals surface area (Å²) in [5.41, 5.74) is 8.80. The summed E-state index contributed by atoms with van der Waals surface area (Å²) < 4.78 is 5.30. The molecule has 0 aromatic heterocycles. The van der Waals surface area contributed by atoms with Crippen molar-refractivity contribution in [1.29, 1.82) is 0 Å². The number of methoxy groups -OCH3 is 1. The molecule has 1 unspecified atom stereocenters. The maximum atomic E-state index is 13.2. The van der Waals surface area contributed by atoms with E-state index in [1.165, 1.54) is 30.9 Å². The summed E-state index contributed by atoms with van der Waals surface area (Å²) >= 11 is 0. The average molecular weight is 486 g/mol. The van der Waals surface area contributed by atoms with Gasteiger partial charge in [0.25, 0.3) is 11.6 Å². The second-order valence-corrected chi connectivity index (χ2v) is 8.92. The number of nitrogens with zero attached hydrogens (tertiary/aromatic N) is 4. The van der Waals surface area contributed by atoms with Gasteiger partial charge < -0.3 is 9.64 Å². The van der Waals surface area contributed by atoms with Crippen LogP contribution in [0.25, 0.3) is 0 Å². The minimum Gasteiger partial charge on any atom is -0.496 e. The lowest BCUT2D eigenvalue weighted by molar-refractivity contribution is -0.384. The Morgan fingerprint density at radius 3 is 2.47 bits per heavy atom. The van der Waals surface area contributed by atoms with Gasteiger partial charge in [-0.3, -0.25) is 25.2 Å². The number of nitrogens with one attached hydrogen (secondary N) is 1. The molecule has 2 heterocycles. The van der Waals surface area contributed by atoms with Crippen LogP contribution in [-0.4, -0.2) is 59.6 Å². The Balaban J connectivity index is 1.33. The molecule has 5 rings (SSSR count). The average Bonchev–Trinajstić information content (AvgIpc) is 2.92. The Labute approximate surface area is 209 Å². The molecule has 1 saturated heterocycles. The molecule has 0 aliphatic carbocycles. The van der Waals surface area contributed by atoms with Crippen molar-refractivity contribution in [3.05, 3.63) is 105 Å². The standard InChI is InChI=1S/C27H27N5O4/c1-18-7-9-19(10-8-18)25-21-5-3-4-6-22(21)26(29-28-25)30-13-15-31(16-14-30)27(33)23-17-20(32(34)35)11-12-24(23)36-2/h3-12,17,26,29H,13-16H2,1-2H3. The van der Waals surface area contributed by atoms with E-state index in [9.17, 15) is 14.9 Å². The summed E-state index contributed by atoms with van der Waals surface area (Å²) in [6.07, 6.45) is -0.111. The summed E-state index contributed by atoms with van der Waals surface area (Å²) in [6, 6.07) is 20.7. The number of hydrogen-bond acceptors (Lipinski definition) is 7. The molecule has 0 spiro atoms. The Morgan fingerprint density at radius 2 is 1.78 bits per heavy atom. The van der Waals surface area contributed by atoms with E-state index in [4.69, 9.17) is 9.84 Å². The van der Waals surface area contributed by atoms with Crippen LogP contribution in [0.4, 0.5) is 5.69 Å². The number of ether oxygens (including phenoxy) is 1. The lowest BCUT2D eigenvalue weighted by Crippen LogP contribution is -2.52. The zero-order valence-electron chi connectivity index (χ0n) is 20.2. The van der Waals surface area contributed by atoms with Gasteiger partial charge in [-0.1, -0.05) is 54.1 Å². The largest absolute Gasteiger partial charge is 0.496 e. The van der Waals surface area contributed by atoms with Crippen molar-refractivity contribution in [3.8, 4) is 5.75 Å². The molecule has 1 fully saturated rings. The predicted molar refractivity (Wildman–Crippen MR) is 136 cm³/mol. The first-order valence-electron chi connectivity index (χ1n) is 11.8. The van der Waals surface area contributed by atoms with Gasteiger partial charge in [-0.2, -0.15) is 5.10 Å². The quantitative estimate of drug-likeness (QED) is 0.437. The molecule has 0 saturated carbocycles. The van der Waals surface area contributed by atoms with E-state index in [1.54, 1.807) is 4.90 Å². The molecule has 2 aliphatic heterocycles. The Hall–Kier alpha value is -4.24. The third-order valence-corrected chi connectivity index (χ3v) is 6.73. The molecule has 184 valence electrons. The smallest absolute Gasteiger partial charge is 0.270 e. The van der Waals surface area contributed by atoms with Crippen molar-refractivity contribution in [1.82, 2.24) is 15.2 Å². The molecular weight excluding hydrogens is 458 g/mol. The second-order valence-electron chi connectivity index (χ2n) is 8.92. The van der Waals surface area contributed by atoms with E-state index in [1.807, 2.05) is 12.1 Å². The number of carbonyl (C=O) groups is 1. The van der Waals surface area contributed by atoms with Crippen molar-refractivity contribution < 1.29 is 14.5 Å². The van der Waals surface area contributed by atoms with Crippen LogP contribution < -0.4 is 10.2 Å². The van der Waals surface area contributed by atoms with Gasteiger partial charge in [-0.15, -0.1) is 0 Å². The highest BCUT2D eigenvalue weighted by atomic mass is 16.6. The van der Waals surface area contributed by atoms with Gasteiger partial charge in [-0.25, -0.2) is 0 Å². The number of hydrogen-bond donors (Lipinski definition) is 1. The van der Waals surface area contributed by atoms with Crippen LogP contribution in [0.5, 0.6) is 5.75 Å². The maximum absolute atomic E-state index is 13.2. The Morgan fingerprint density at radius 1 is 1.06 bits per heavy atom. The van der Waals surface area contributed by atoms with E-state index in [2.05, 4.69) is 53.6 Å². The van der Waals surface area contributed by atoms with Crippen LogP contribution in [-0.2, 0) is 0 Å². The predicted octanol–water partition coefficient (Wildman–Crippen LogP) is 3.72. The molecule has 0 bridgehead atoms. The molecule has 1 amide bonds. The molecule has 9 nitrogen and oxygen atoms in total. The number of non-ortho nitro benzene ring substituents is 1. The first kappa shape index (κ1) is 23.5. The van der Waals surface area contributed by atoms with Crippen LogP contribution in [0.15, 0.2) is 71.8 Å². The van der Waals surface area contributed by atoms with Gasteiger partial charge in [0.2, 0.25) is 0 Å². The molecule has 9 heteroatoms. The van der Waals surface area contributed by atoms with E-state index in [-0.39, 0.29) is 23.3 Å².